The van der Waals surface area contributed by atoms with Gasteiger partial charge in [0.1, 0.15) is 17.6 Å². The summed E-state index contributed by atoms with van der Waals surface area (Å²) >= 11 is 0. The Labute approximate surface area is 143 Å². The van der Waals surface area contributed by atoms with Gasteiger partial charge in [-0.2, -0.15) is 0 Å². The lowest BCUT2D eigenvalue weighted by Gasteiger charge is -2.32. The average Bonchev–Trinajstić information content (AvgIpc) is 3.04. The molecule has 1 aliphatic rings. The van der Waals surface area contributed by atoms with Crippen molar-refractivity contribution in [2.24, 2.45) is 0 Å². The SMILES string of the molecule is Cc1ccnc(C2CN(C(=O)c3cc4cc(F)ccc4[nH]3)CCO2)n1. The van der Waals surface area contributed by atoms with E-state index in [1.807, 2.05) is 13.0 Å². The Hall–Kier alpha value is -2.80. The number of ether oxygens (including phenoxy) is 1. The molecule has 6 nitrogen and oxygen atoms in total. The van der Waals surface area contributed by atoms with Crippen molar-refractivity contribution < 1.29 is 13.9 Å². The number of nitrogens with zero attached hydrogens (tertiary/aromatic N) is 3. The molecule has 2 aromatic heterocycles. The van der Waals surface area contributed by atoms with Gasteiger partial charge in [0.05, 0.1) is 13.2 Å². The van der Waals surface area contributed by atoms with Gasteiger partial charge in [-0.15, -0.1) is 0 Å². The topological polar surface area (TPSA) is 71.1 Å². The smallest absolute Gasteiger partial charge is 0.270 e. The summed E-state index contributed by atoms with van der Waals surface area (Å²) in [5.41, 5.74) is 2.03. The fourth-order valence-corrected chi connectivity index (χ4v) is 3.00. The molecule has 4 rings (SSSR count). The molecular weight excluding hydrogens is 323 g/mol. The van der Waals surface area contributed by atoms with Gasteiger partial charge in [-0.05, 0) is 37.3 Å². The number of hydrogen-bond donors (Lipinski definition) is 1. The molecule has 3 heterocycles. The van der Waals surface area contributed by atoms with E-state index in [4.69, 9.17) is 4.74 Å². The zero-order valence-electron chi connectivity index (χ0n) is 13.7. The van der Waals surface area contributed by atoms with Gasteiger partial charge in [0.15, 0.2) is 5.82 Å². The Morgan fingerprint density at radius 3 is 3.08 bits per heavy atom. The molecule has 7 heteroatoms. The fraction of sp³-hybridized carbons (Fsp3) is 0.278. The van der Waals surface area contributed by atoms with Crippen LogP contribution < -0.4 is 0 Å². The van der Waals surface area contributed by atoms with Crippen LogP contribution in [0.15, 0.2) is 36.5 Å². The van der Waals surface area contributed by atoms with Crippen LogP contribution in [-0.2, 0) is 4.74 Å². The summed E-state index contributed by atoms with van der Waals surface area (Å²) in [5.74, 6) is 0.113. The second-order valence-corrected chi connectivity index (χ2v) is 6.08. The zero-order chi connectivity index (χ0) is 17.4. The van der Waals surface area contributed by atoms with Crippen LogP contribution in [-0.4, -0.2) is 45.5 Å². The van der Waals surface area contributed by atoms with Crippen molar-refractivity contribution in [1.29, 1.82) is 0 Å². The van der Waals surface area contributed by atoms with E-state index in [1.54, 1.807) is 23.2 Å². The summed E-state index contributed by atoms with van der Waals surface area (Å²) in [4.78, 5) is 26.2. The quantitative estimate of drug-likeness (QED) is 0.778. The van der Waals surface area contributed by atoms with Crippen molar-refractivity contribution in [3.8, 4) is 0 Å². The Kier molecular flexibility index (Phi) is 3.93. The minimum atomic E-state index is -0.348. The first kappa shape index (κ1) is 15.7. The van der Waals surface area contributed by atoms with E-state index in [0.717, 1.165) is 11.2 Å². The molecule has 1 amide bonds. The molecule has 1 atom stereocenters. The first-order valence-electron chi connectivity index (χ1n) is 8.09. The largest absolute Gasteiger partial charge is 0.367 e. The number of amides is 1. The predicted octanol–water partition coefficient (Wildman–Crippen LogP) is 2.62. The Morgan fingerprint density at radius 1 is 1.36 bits per heavy atom. The molecule has 1 saturated heterocycles. The fourth-order valence-electron chi connectivity index (χ4n) is 3.00. The van der Waals surface area contributed by atoms with Gasteiger partial charge in [-0.1, -0.05) is 0 Å². The summed E-state index contributed by atoms with van der Waals surface area (Å²) in [6, 6.07) is 7.90. The molecule has 0 radical (unpaired) electrons. The van der Waals surface area contributed by atoms with Gasteiger partial charge in [0, 0.05) is 29.3 Å². The second-order valence-electron chi connectivity index (χ2n) is 6.08. The summed E-state index contributed by atoms with van der Waals surface area (Å²) in [6.07, 6.45) is 1.34. The van der Waals surface area contributed by atoms with E-state index < -0.39 is 0 Å². The van der Waals surface area contributed by atoms with Crippen LogP contribution in [0, 0.1) is 12.7 Å². The number of benzene rings is 1. The van der Waals surface area contributed by atoms with Crippen LogP contribution in [0.25, 0.3) is 10.9 Å². The van der Waals surface area contributed by atoms with Crippen molar-refractivity contribution in [1.82, 2.24) is 19.9 Å². The van der Waals surface area contributed by atoms with E-state index in [0.29, 0.717) is 36.6 Å². The third-order valence-electron chi connectivity index (χ3n) is 4.27. The third-order valence-corrected chi connectivity index (χ3v) is 4.27. The van der Waals surface area contributed by atoms with E-state index in [-0.39, 0.29) is 17.8 Å². The van der Waals surface area contributed by atoms with Crippen molar-refractivity contribution in [3.63, 3.8) is 0 Å². The molecule has 3 aromatic rings. The predicted molar refractivity (Wildman–Crippen MR) is 89.6 cm³/mol. The number of rotatable bonds is 2. The van der Waals surface area contributed by atoms with Crippen LogP contribution in [0.4, 0.5) is 4.39 Å². The maximum atomic E-state index is 13.3. The minimum Gasteiger partial charge on any atom is -0.367 e. The molecule has 0 spiro atoms. The number of nitrogens with one attached hydrogen (secondary N) is 1. The monoisotopic (exact) mass is 340 g/mol. The number of halogens is 1. The highest BCUT2D eigenvalue weighted by molar-refractivity contribution is 5.98. The normalized spacial score (nSPS) is 17.8. The van der Waals surface area contributed by atoms with Crippen LogP contribution in [0.1, 0.15) is 28.1 Å². The number of morpholine rings is 1. The number of hydrogen-bond acceptors (Lipinski definition) is 4. The number of H-pyrrole nitrogens is 1. The zero-order valence-corrected chi connectivity index (χ0v) is 13.7. The van der Waals surface area contributed by atoms with Crippen molar-refractivity contribution in [2.45, 2.75) is 13.0 Å². The number of aromatic amines is 1. The number of aromatic nitrogens is 3. The molecule has 1 N–H and O–H groups in total. The second kappa shape index (κ2) is 6.25. The summed E-state index contributed by atoms with van der Waals surface area (Å²) in [5, 5.41) is 0.676. The molecule has 1 fully saturated rings. The molecule has 128 valence electrons. The maximum absolute atomic E-state index is 13.3. The molecule has 1 aliphatic heterocycles. The molecular formula is C18H17FN4O2. The van der Waals surface area contributed by atoms with Crippen LogP contribution in [0.5, 0.6) is 0 Å². The lowest BCUT2D eigenvalue weighted by molar-refractivity contribution is -0.0270. The number of fused-ring (bicyclic) bond motifs is 1. The lowest BCUT2D eigenvalue weighted by Crippen LogP contribution is -2.42. The molecule has 0 bridgehead atoms. The molecule has 1 unspecified atom stereocenters. The molecule has 0 aliphatic carbocycles. The third kappa shape index (κ3) is 3.10. The van der Waals surface area contributed by atoms with E-state index in [9.17, 15) is 9.18 Å². The highest BCUT2D eigenvalue weighted by Crippen LogP contribution is 2.22. The van der Waals surface area contributed by atoms with Gasteiger partial charge in [-0.25, -0.2) is 14.4 Å². The van der Waals surface area contributed by atoms with Gasteiger partial charge < -0.3 is 14.6 Å². The number of carbonyl (C=O) groups is 1. The summed E-state index contributed by atoms with van der Waals surface area (Å²) < 4.78 is 19.1. The maximum Gasteiger partial charge on any atom is 0.270 e. The van der Waals surface area contributed by atoms with Crippen LogP contribution in [0.2, 0.25) is 0 Å². The van der Waals surface area contributed by atoms with Crippen molar-refractivity contribution in [2.75, 3.05) is 19.7 Å². The van der Waals surface area contributed by atoms with Crippen LogP contribution in [0.3, 0.4) is 0 Å². The van der Waals surface area contributed by atoms with Gasteiger partial charge in [0.25, 0.3) is 5.91 Å². The standard InChI is InChI=1S/C18H17FN4O2/c1-11-4-5-20-17(21-11)16-10-23(6-7-25-16)18(24)15-9-12-8-13(19)2-3-14(12)22-15/h2-5,8-9,16,22H,6-7,10H2,1H3. The summed E-state index contributed by atoms with van der Waals surface area (Å²) in [6.45, 7) is 3.18. The summed E-state index contributed by atoms with van der Waals surface area (Å²) in [7, 11) is 0. The minimum absolute atomic E-state index is 0.141. The van der Waals surface area contributed by atoms with Crippen molar-refractivity contribution >= 4 is 16.8 Å². The van der Waals surface area contributed by atoms with Gasteiger partial charge in [-0.3, -0.25) is 4.79 Å². The van der Waals surface area contributed by atoms with E-state index >= 15 is 0 Å². The van der Waals surface area contributed by atoms with E-state index in [1.165, 1.54) is 12.1 Å². The lowest BCUT2D eigenvalue weighted by atomic mass is 10.2. The Bertz CT molecular complexity index is 940. The first-order valence-corrected chi connectivity index (χ1v) is 8.09. The number of aryl methyl sites for hydroxylation is 1. The van der Waals surface area contributed by atoms with Crippen molar-refractivity contribution in [3.05, 3.63) is 59.6 Å². The van der Waals surface area contributed by atoms with Gasteiger partial charge >= 0.3 is 0 Å². The average molecular weight is 340 g/mol. The van der Waals surface area contributed by atoms with Crippen LogP contribution >= 0.6 is 0 Å². The molecule has 25 heavy (non-hydrogen) atoms. The highest BCUT2D eigenvalue weighted by Gasteiger charge is 2.28. The first-order chi connectivity index (χ1) is 12.1. The number of carbonyl (C=O) groups excluding carboxylic acids is 1. The Morgan fingerprint density at radius 2 is 2.24 bits per heavy atom. The van der Waals surface area contributed by atoms with E-state index in [2.05, 4.69) is 15.0 Å². The highest BCUT2D eigenvalue weighted by atomic mass is 19.1. The Balaban J connectivity index is 1.56. The van der Waals surface area contributed by atoms with Gasteiger partial charge in [0.2, 0.25) is 0 Å². The molecule has 1 aromatic carbocycles. The molecule has 0 saturated carbocycles.